The van der Waals surface area contributed by atoms with Gasteiger partial charge >= 0.3 is 0 Å². The van der Waals surface area contributed by atoms with Gasteiger partial charge in [0.1, 0.15) is 5.82 Å². The van der Waals surface area contributed by atoms with E-state index in [1.54, 1.807) is 13.1 Å². The molecule has 2 atom stereocenters. The number of hydrogen-bond acceptors (Lipinski definition) is 4. The number of aromatic nitrogens is 1. The fourth-order valence-electron chi connectivity index (χ4n) is 1.59. The minimum absolute atomic E-state index is 0.438. The molecule has 96 valence electrons. The van der Waals surface area contributed by atoms with Crippen molar-refractivity contribution in [3.8, 4) is 0 Å². The molecule has 0 saturated carbocycles. The second-order valence-electron chi connectivity index (χ2n) is 4.36. The van der Waals surface area contributed by atoms with Gasteiger partial charge < -0.3 is 10.0 Å². The summed E-state index contributed by atoms with van der Waals surface area (Å²) >= 11 is 1.86. The third-order valence-electron chi connectivity index (χ3n) is 3.01. The summed E-state index contributed by atoms with van der Waals surface area (Å²) in [6, 6.07) is 4.27. The van der Waals surface area contributed by atoms with Gasteiger partial charge in [-0.3, -0.25) is 0 Å². The predicted molar refractivity (Wildman–Crippen MR) is 75.7 cm³/mol. The van der Waals surface area contributed by atoms with Crippen LogP contribution in [0.2, 0.25) is 0 Å². The van der Waals surface area contributed by atoms with Crippen LogP contribution in [-0.2, 0) is 0 Å². The number of thioether (sulfide) groups is 1. The van der Waals surface area contributed by atoms with Gasteiger partial charge in [-0.15, -0.1) is 0 Å². The zero-order valence-electron chi connectivity index (χ0n) is 11.1. The minimum atomic E-state index is -0.438. The number of hydrogen-bond donors (Lipinski definition) is 1. The SMILES string of the molecule is CSCCC(C)N(C)c1cc(C(C)O)ccn1. The summed E-state index contributed by atoms with van der Waals surface area (Å²) in [4.78, 5) is 6.53. The van der Waals surface area contributed by atoms with Crippen molar-refractivity contribution in [2.75, 3.05) is 24.0 Å². The molecule has 3 nitrogen and oxygen atoms in total. The van der Waals surface area contributed by atoms with E-state index in [0.717, 1.165) is 23.6 Å². The van der Waals surface area contributed by atoms with Gasteiger partial charge in [0.05, 0.1) is 6.10 Å². The van der Waals surface area contributed by atoms with Crippen molar-refractivity contribution in [1.82, 2.24) is 4.98 Å². The summed E-state index contributed by atoms with van der Waals surface area (Å²) in [6.07, 6.45) is 4.58. The standard InChI is InChI=1S/C13H22N2OS/c1-10(6-8-17-4)15(3)13-9-12(11(2)16)5-7-14-13/h5,7,9-11,16H,6,8H2,1-4H3. The highest BCUT2D eigenvalue weighted by molar-refractivity contribution is 7.98. The Morgan fingerprint density at radius 1 is 1.47 bits per heavy atom. The molecule has 1 rings (SSSR count). The Morgan fingerprint density at radius 2 is 2.18 bits per heavy atom. The monoisotopic (exact) mass is 254 g/mol. The lowest BCUT2D eigenvalue weighted by Gasteiger charge is -2.26. The number of aliphatic hydroxyl groups is 1. The van der Waals surface area contributed by atoms with E-state index in [9.17, 15) is 5.11 Å². The second kappa shape index (κ2) is 6.87. The molecular weight excluding hydrogens is 232 g/mol. The van der Waals surface area contributed by atoms with E-state index >= 15 is 0 Å². The van der Waals surface area contributed by atoms with Crippen LogP contribution in [0, 0.1) is 0 Å². The Balaban J connectivity index is 2.74. The summed E-state index contributed by atoms with van der Waals surface area (Å²) in [6.45, 7) is 3.98. The summed E-state index contributed by atoms with van der Waals surface area (Å²) in [7, 11) is 2.05. The Hall–Kier alpha value is -0.740. The average molecular weight is 254 g/mol. The van der Waals surface area contributed by atoms with E-state index in [1.165, 1.54) is 0 Å². The molecule has 0 saturated heterocycles. The molecule has 4 heteroatoms. The first kappa shape index (κ1) is 14.3. The molecule has 1 aromatic heterocycles. The molecule has 0 spiro atoms. The van der Waals surface area contributed by atoms with Crippen molar-refractivity contribution >= 4 is 17.6 Å². The Morgan fingerprint density at radius 3 is 2.76 bits per heavy atom. The first-order chi connectivity index (χ1) is 8.06. The van der Waals surface area contributed by atoms with E-state index in [4.69, 9.17) is 0 Å². The van der Waals surface area contributed by atoms with Gasteiger partial charge in [0.25, 0.3) is 0 Å². The molecule has 0 aliphatic rings. The van der Waals surface area contributed by atoms with Gasteiger partial charge in [0.15, 0.2) is 0 Å². The third kappa shape index (κ3) is 4.21. The maximum absolute atomic E-state index is 9.56. The fourth-order valence-corrected chi connectivity index (χ4v) is 2.17. The molecule has 1 N–H and O–H groups in total. The normalized spacial score (nSPS) is 14.4. The molecule has 0 bridgehead atoms. The lowest BCUT2D eigenvalue weighted by molar-refractivity contribution is 0.199. The molecule has 2 unspecified atom stereocenters. The third-order valence-corrected chi connectivity index (χ3v) is 3.66. The van der Waals surface area contributed by atoms with Crippen LogP contribution >= 0.6 is 11.8 Å². The highest BCUT2D eigenvalue weighted by atomic mass is 32.2. The van der Waals surface area contributed by atoms with Crippen molar-refractivity contribution in [3.63, 3.8) is 0 Å². The van der Waals surface area contributed by atoms with Gasteiger partial charge in [-0.05, 0) is 50.0 Å². The summed E-state index contributed by atoms with van der Waals surface area (Å²) in [5.74, 6) is 2.08. The van der Waals surface area contributed by atoms with Crippen LogP contribution in [-0.4, -0.2) is 35.2 Å². The largest absolute Gasteiger partial charge is 0.389 e. The van der Waals surface area contributed by atoms with Crippen LogP contribution in [0.4, 0.5) is 5.82 Å². The molecule has 1 heterocycles. The summed E-state index contributed by atoms with van der Waals surface area (Å²) in [5, 5.41) is 9.56. The van der Waals surface area contributed by atoms with Crippen LogP contribution in [0.5, 0.6) is 0 Å². The van der Waals surface area contributed by atoms with Gasteiger partial charge in [-0.1, -0.05) is 0 Å². The van der Waals surface area contributed by atoms with Crippen LogP contribution in [0.1, 0.15) is 31.9 Å². The smallest absolute Gasteiger partial charge is 0.128 e. The van der Waals surface area contributed by atoms with Crippen LogP contribution < -0.4 is 4.90 Å². The molecule has 0 radical (unpaired) electrons. The van der Waals surface area contributed by atoms with E-state index in [2.05, 4.69) is 30.1 Å². The number of nitrogens with zero attached hydrogens (tertiary/aromatic N) is 2. The topological polar surface area (TPSA) is 36.4 Å². The first-order valence-corrected chi connectivity index (χ1v) is 7.31. The summed E-state index contributed by atoms with van der Waals surface area (Å²) in [5.41, 5.74) is 0.916. The quantitative estimate of drug-likeness (QED) is 0.847. The number of aliphatic hydroxyl groups excluding tert-OH is 1. The van der Waals surface area contributed by atoms with Crippen molar-refractivity contribution in [3.05, 3.63) is 23.9 Å². The molecule has 0 aliphatic heterocycles. The Bertz CT molecular complexity index is 344. The fraction of sp³-hybridized carbons (Fsp3) is 0.615. The van der Waals surface area contributed by atoms with Crippen molar-refractivity contribution in [2.24, 2.45) is 0 Å². The Kier molecular flexibility index (Phi) is 5.78. The number of rotatable bonds is 6. The van der Waals surface area contributed by atoms with E-state index < -0.39 is 6.10 Å². The number of pyridine rings is 1. The van der Waals surface area contributed by atoms with E-state index in [0.29, 0.717) is 6.04 Å². The first-order valence-electron chi connectivity index (χ1n) is 5.92. The highest BCUT2D eigenvalue weighted by Crippen LogP contribution is 2.19. The van der Waals surface area contributed by atoms with E-state index in [1.807, 2.05) is 23.9 Å². The van der Waals surface area contributed by atoms with Crippen molar-refractivity contribution in [2.45, 2.75) is 32.4 Å². The van der Waals surface area contributed by atoms with Gasteiger partial charge in [-0.25, -0.2) is 4.98 Å². The van der Waals surface area contributed by atoms with Gasteiger partial charge in [0, 0.05) is 19.3 Å². The molecule has 0 amide bonds. The van der Waals surface area contributed by atoms with Crippen molar-refractivity contribution < 1.29 is 5.11 Å². The molecule has 0 aromatic carbocycles. The predicted octanol–water partition coefficient (Wildman–Crippen LogP) is 2.71. The van der Waals surface area contributed by atoms with Crippen LogP contribution in [0.25, 0.3) is 0 Å². The number of anilines is 1. The second-order valence-corrected chi connectivity index (χ2v) is 5.35. The highest BCUT2D eigenvalue weighted by Gasteiger charge is 2.12. The zero-order chi connectivity index (χ0) is 12.8. The minimum Gasteiger partial charge on any atom is -0.389 e. The summed E-state index contributed by atoms with van der Waals surface area (Å²) < 4.78 is 0. The lowest BCUT2D eigenvalue weighted by Crippen LogP contribution is -2.30. The van der Waals surface area contributed by atoms with Crippen LogP contribution in [0.15, 0.2) is 18.3 Å². The molecule has 17 heavy (non-hydrogen) atoms. The van der Waals surface area contributed by atoms with Gasteiger partial charge in [-0.2, -0.15) is 11.8 Å². The molecule has 0 aliphatic carbocycles. The van der Waals surface area contributed by atoms with Crippen LogP contribution in [0.3, 0.4) is 0 Å². The molecule has 1 aromatic rings. The average Bonchev–Trinajstić information content (AvgIpc) is 2.35. The molecule has 0 fully saturated rings. The molecular formula is C13H22N2OS. The zero-order valence-corrected chi connectivity index (χ0v) is 11.9. The lowest BCUT2D eigenvalue weighted by atomic mass is 10.1. The maximum atomic E-state index is 9.56. The van der Waals surface area contributed by atoms with E-state index in [-0.39, 0.29) is 0 Å². The van der Waals surface area contributed by atoms with Crippen molar-refractivity contribution in [1.29, 1.82) is 0 Å². The Labute approximate surface area is 108 Å². The van der Waals surface area contributed by atoms with Gasteiger partial charge in [0.2, 0.25) is 0 Å². The maximum Gasteiger partial charge on any atom is 0.128 e.